The Hall–Kier alpha value is -2.49. The van der Waals surface area contributed by atoms with Crippen molar-refractivity contribution in [3.8, 4) is 0 Å². The van der Waals surface area contributed by atoms with Crippen LogP contribution in [0.3, 0.4) is 0 Å². The van der Waals surface area contributed by atoms with Crippen LogP contribution in [-0.2, 0) is 16.2 Å². The Kier molecular flexibility index (Phi) is 4.07. The van der Waals surface area contributed by atoms with E-state index in [1.54, 1.807) is 0 Å². The first-order chi connectivity index (χ1) is 13.3. The molecular formula is C24H23NO2. The zero-order valence-corrected chi connectivity index (χ0v) is 15.3. The molecule has 1 saturated heterocycles. The molecule has 3 aromatic rings. The molecule has 3 aromatic carbocycles. The Labute approximate surface area is 159 Å². The average Bonchev–Trinajstić information content (AvgIpc) is 3.24. The second-order valence-corrected chi connectivity index (χ2v) is 7.75. The van der Waals surface area contributed by atoms with Crippen LogP contribution in [-0.4, -0.2) is 17.5 Å². The van der Waals surface area contributed by atoms with Crippen molar-refractivity contribution < 1.29 is 9.63 Å². The fourth-order valence-corrected chi connectivity index (χ4v) is 5.00. The molecule has 0 spiro atoms. The van der Waals surface area contributed by atoms with E-state index in [1.165, 1.54) is 28.2 Å². The molecule has 1 aliphatic heterocycles. The standard InChI is InChI=1S/C24H23NO2/c26-17-24-15-7-14-22(24)27-25(16-18-8-2-1-3-9-18)23(24)21-13-6-11-19-10-4-5-12-20(19)21/h1-6,8-13,17,22-23H,7,14-16H2/t22-,23+,24-/m1/s1. The summed E-state index contributed by atoms with van der Waals surface area (Å²) < 4.78 is 0. The highest BCUT2D eigenvalue weighted by atomic mass is 16.7. The van der Waals surface area contributed by atoms with Gasteiger partial charge in [0.2, 0.25) is 0 Å². The van der Waals surface area contributed by atoms with Gasteiger partial charge in [0.15, 0.2) is 0 Å². The molecule has 0 unspecified atom stereocenters. The van der Waals surface area contributed by atoms with E-state index >= 15 is 0 Å². The molecule has 0 aromatic heterocycles. The minimum Gasteiger partial charge on any atom is -0.303 e. The summed E-state index contributed by atoms with van der Waals surface area (Å²) in [6, 6.07) is 25.1. The van der Waals surface area contributed by atoms with E-state index < -0.39 is 5.41 Å². The van der Waals surface area contributed by atoms with E-state index in [1.807, 2.05) is 6.07 Å². The molecule has 1 heterocycles. The third-order valence-electron chi connectivity index (χ3n) is 6.25. The predicted octanol–water partition coefficient (Wildman–Crippen LogP) is 5.07. The third kappa shape index (κ3) is 2.61. The van der Waals surface area contributed by atoms with Gasteiger partial charge in [-0.25, -0.2) is 0 Å². The van der Waals surface area contributed by atoms with Crippen molar-refractivity contribution in [2.24, 2.45) is 5.41 Å². The van der Waals surface area contributed by atoms with Gasteiger partial charge in [-0.15, -0.1) is 0 Å². The normalized spacial score (nSPS) is 27.7. The number of hydrogen-bond acceptors (Lipinski definition) is 3. The topological polar surface area (TPSA) is 29.5 Å². The zero-order chi connectivity index (χ0) is 18.3. The van der Waals surface area contributed by atoms with E-state index in [-0.39, 0.29) is 12.1 Å². The van der Waals surface area contributed by atoms with E-state index in [4.69, 9.17) is 4.84 Å². The molecule has 5 rings (SSSR count). The molecule has 3 nitrogen and oxygen atoms in total. The van der Waals surface area contributed by atoms with Crippen LogP contribution in [0.1, 0.15) is 36.4 Å². The smallest absolute Gasteiger partial charge is 0.130 e. The second-order valence-electron chi connectivity index (χ2n) is 7.75. The summed E-state index contributed by atoms with van der Waals surface area (Å²) in [5.74, 6) is 0. The first kappa shape index (κ1) is 16.7. The fraction of sp³-hybridized carbons (Fsp3) is 0.292. The molecule has 0 N–H and O–H groups in total. The van der Waals surface area contributed by atoms with Crippen LogP contribution in [0.5, 0.6) is 0 Å². The van der Waals surface area contributed by atoms with Crippen molar-refractivity contribution in [1.82, 2.24) is 5.06 Å². The maximum Gasteiger partial charge on any atom is 0.130 e. The summed E-state index contributed by atoms with van der Waals surface area (Å²) in [4.78, 5) is 18.8. The van der Waals surface area contributed by atoms with Crippen LogP contribution in [0.25, 0.3) is 10.8 Å². The van der Waals surface area contributed by atoms with Gasteiger partial charge in [0, 0.05) is 6.54 Å². The quantitative estimate of drug-likeness (QED) is 0.611. The van der Waals surface area contributed by atoms with Gasteiger partial charge in [0.1, 0.15) is 6.29 Å². The SMILES string of the molecule is O=C[C@]12CCC[C@H]1ON(Cc1ccccc1)[C@H]2c1cccc2ccccc12. The number of hydrogen-bond donors (Lipinski definition) is 0. The Balaban J connectivity index is 1.65. The lowest BCUT2D eigenvalue weighted by Gasteiger charge is -2.32. The molecule has 0 bridgehead atoms. The van der Waals surface area contributed by atoms with Gasteiger partial charge in [0.05, 0.1) is 17.6 Å². The molecule has 0 radical (unpaired) electrons. The molecule has 3 heteroatoms. The summed E-state index contributed by atoms with van der Waals surface area (Å²) in [5, 5.41) is 4.48. The maximum absolute atomic E-state index is 12.4. The third-order valence-corrected chi connectivity index (χ3v) is 6.25. The Morgan fingerprint density at radius 1 is 1.00 bits per heavy atom. The van der Waals surface area contributed by atoms with Gasteiger partial charge < -0.3 is 4.79 Å². The molecule has 27 heavy (non-hydrogen) atoms. The maximum atomic E-state index is 12.4. The second kappa shape index (κ2) is 6.59. The summed E-state index contributed by atoms with van der Waals surface area (Å²) in [6.45, 7) is 0.681. The lowest BCUT2D eigenvalue weighted by Crippen LogP contribution is -2.35. The highest BCUT2D eigenvalue weighted by Gasteiger charge is 2.58. The highest BCUT2D eigenvalue weighted by Crippen LogP contribution is 2.57. The zero-order valence-electron chi connectivity index (χ0n) is 15.3. The van der Waals surface area contributed by atoms with Gasteiger partial charge in [0.25, 0.3) is 0 Å². The van der Waals surface area contributed by atoms with Crippen molar-refractivity contribution in [2.75, 3.05) is 0 Å². The van der Waals surface area contributed by atoms with E-state index in [9.17, 15) is 4.79 Å². The molecule has 2 aliphatic rings. The summed E-state index contributed by atoms with van der Waals surface area (Å²) in [5.41, 5.74) is 1.93. The molecule has 136 valence electrons. The number of rotatable bonds is 4. The Bertz CT molecular complexity index is 965. The lowest BCUT2D eigenvalue weighted by atomic mass is 9.75. The van der Waals surface area contributed by atoms with Gasteiger partial charge in [-0.1, -0.05) is 72.8 Å². The molecule has 1 aliphatic carbocycles. The van der Waals surface area contributed by atoms with E-state index in [2.05, 4.69) is 71.8 Å². The summed E-state index contributed by atoms with van der Waals surface area (Å²) >= 11 is 0. The number of fused-ring (bicyclic) bond motifs is 2. The Morgan fingerprint density at radius 3 is 2.63 bits per heavy atom. The van der Waals surface area contributed by atoms with Crippen molar-refractivity contribution in [3.05, 3.63) is 83.9 Å². The largest absolute Gasteiger partial charge is 0.303 e. The minimum absolute atomic E-state index is 0.0253. The van der Waals surface area contributed by atoms with Gasteiger partial charge in [-0.3, -0.25) is 4.84 Å². The number of carbonyl (C=O) groups is 1. The van der Waals surface area contributed by atoms with Crippen LogP contribution in [0.4, 0.5) is 0 Å². The summed E-state index contributed by atoms with van der Waals surface area (Å²) in [6.07, 6.45) is 4.04. The van der Waals surface area contributed by atoms with Crippen molar-refractivity contribution in [2.45, 2.75) is 38.0 Å². The van der Waals surface area contributed by atoms with Gasteiger partial charge in [-0.2, -0.15) is 5.06 Å². The van der Waals surface area contributed by atoms with E-state index in [0.717, 1.165) is 19.3 Å². The Morgan fingerprint density at radius 2 is 1.78 bits per heavy atom. The molecule has 0 amide bonds. The number of hydroxylamine groups is 2. The fourth-order valence-electron chi connectivity index (χ4n) is 5.00. The van der Waals surface area contributed by atoms with Crippen LogP contribution >= 0.6 is 0 Å². The number of benzene rings is 3. The first-order valence-corrected chi connectivity index (χ1v) is 9.73. The summed E-state index contributed by atoms with van der Waals surface area (Å²) in [7, 11) is 0. The molecule has 3 atom stereocenters. The van der Waals surface area contributed by atoms with Crippen molar-refractivity contribution >= 4 is 17.1 Å². The number of nitrogens with zero attached hydrogens (tertiary/aromatic N) is 1. The van der Waals surface area contributed by atoms with Crippen molar-refractivity contribution in [3.63, 3.8) is 0 Å². The molecule has 2 fully saturated rings. The van der Waals surface area contributed by atoms with Crippen LogP contribution in [0, 0.1) is 5.41 Å². The van der Waals surface area contributed by atoms with Crippen LogP contribution < -0.4 is 0 Å². The van der Waals surface area contributed by atoms with Gasteiger partial charge in [-0.05, 0) is 41.2 Å². The highest BCUT2D eigenvalue weighted by molar-refractivity contribution is 5.87. The first-order valence-electron chi connectivity index (χ1n) is 9.73. The van der Waals surface area contributed by atoms with Crippen LogP contribution in [0.15, 0.2) is 72.8 Å². The minimum atomic E-state index is -0.459. The van der Waals surface area contributed by atoms with E-state index in [0.29, 0.717) is 6.54 Å². The molecular weight excluding hydrogens is 334 g/mol. The van der Waals surface area contributed by atoms with Crippen LogP contribution in [0.2, 0.25) is 0 Å². The monoisotopic (exact) mass is 357 g/mol. The van der Waals surface area contributed by atoms with Crippen molar-refractivity contribution in [1.29, 1.82) is 0 Å². The number of aldehydes is 1. The van der Waals surface area contributed by atoms with Gasteiger partial charge >= 0.3 is 0 Å². The number of carbonyl (C=O) groups excluding carboxylic acids is 1. The average molecular weight is 357 g/mol. The predicted molar refractivity (Wildman–Crippen MR) is 106 cm³/mol. The lowest BCUT2D eigenvalue weighted by molar-refractivity contribution is -0.171. The molecule has 1 saturated carbocycles.